The van der Waals surface area contributed by atoms with Crippen LogP contribution in [0.5, 0.6) is 0 Å². The second kappa shape index (κ2) is 5.58. The molecule has 0 fully saturated rings. The van der Waals surface area contributed by atoms with Crippen LogP contribution in [0.2, 0.25) is 5.28 Å². The zero-order valence-electron chi connectivity index (χ0n) is 9.94. The fraction of sp³-hybridized carbons (Fsp3) is 0.444. The molecule has 18 heavy (non-hydrogen) atoms. The van der Waals surface area contributed by atoms with Crippen LogP contribution in [0.4, 0.5) is 11.9 Å². The minimum absolute atomic E-state index is 0.118. The molecular weight excluding hydrogens is 258 g/mol. The van der Waals surface area contributed by atoms with Crippen LogP contribution in [-0.4, -0.2) is 31.6 Å². The van der Waals surface area contributed by atoms with Crippen LogP contribution in [0, 0.1) is 6.92 Å². The lowest BCUT2D eigenvalue weighted by atomic mass is 10.6. The summed E-state index contributed by atoms with van der Waals surface area (Å²) < 4.78 is 4.85. The molecule has 96 valence electrons. The molecule has 2 N–H and O–H groups in total. The van der Waals surface area contributed by atoms with Crippen molar-refractivity contribution in [3.8, 4) is 0 Å². The third kappa shape index (κ3) is 3.27. The van der Waals surface area contributed by atoms with Crippen molar-refractivity contribution < 1.29 is 4.52 Å². The summed E-state index contributed by atoms with van der Waals surface area (Å²) in [4.78, 5) is 16.0. The molecule has 0 saturated heterocycles. The van der Waals surface area contributed by atoms with Crippen molar-refractivity contribution in [2.45, 2.75) is 20.4 Å². The van der Waals surface area contributed by atoms with Gasteiger partial charge in [-0.2, -0.15) is 19.9 Å². The van der Waals surface area contributed by atoms with Crippen molar-refractivity contribution in [1.82, 2.24) is 25.1 Å². The lowest BCUT2D eigenvalue weighted by Crippen LogP contribution is -2.09. The molecule has 0 aliphatic carbocycles. The van der Waals surface area contributed by atoms with Crippen LogP contribution in [-0.2, 0) is 6.54 Å². The van der Waals surface area contributed by atoms with Crippen LogP contribution in [0.15, 0.2) is 4.52 Å². The molecule has 2 aromatic heterocycles. The highest BCUT2D eigenvalue weighted by Gasteiger charge is 2.06. The summed E-state index contributed by atoms with van der Waals surface area (Å²) in [7, 11) is 0. The largest absolute Gasteiger partial charge is 0.354 e. The summed E-state index contributed by atoms with van der Waals surface area (Å²) in [6, 6.07) is 0. The van der Waals surface area contributed by atoms with Crippen LogP contribution in [0.25, 0.3) is 0 Å². The monoisotopic (exact) mass is 269 g/mol. The minimum Gasteiger partial charge on any atom is -0.354 e. The van der Waals surface area contributed by atoms with Gasteiger partial charge in [-0.25, -0.2) is 0 Å². The molecule has 2 heterocycles. The van der Waals surface area contributed by atoms with Gasteiger partial charge in [0.2, 0.25) is 23.1 Å². The molecule has 2 aromatic rings. The highest BCUT2D eigenvalue weighted by molar-refractivity contribution is 6.28. The number of nitrogens with one attached hydrogen (secondary N) is 2. The van der Waals surface area contributed by atoms with Gasteiger partial charge in [0.05, 0.1) is 6.54 Å². The number of hydrogen-bond donors (Lipinski definition) is 2. The second-order valence-electron chi connectivity index (χ2n) is 3.37. The molecular formula is C9H12ClN7O. The number of halogens is 1. The second-order valence-corrected chi connectivity index (χ2v) is 3.70. The van der Waals surface area contributed by atoms with Crippen molar-refractivity contribution in [3.05, 3.63) is 17.0 Å². The molecule has 0 amide bonds. The number of hydrogen-bond acceptors (Lipinski definition) is 8. The van der Waals surface area contributed by atoms with E-state index in [-0.39, 0.29) is 5.28 Å². The molecule has 0 aliphatic rings. The molecule has 0 aliphatic heterocycles. The van der Waals surface area contributed by atoms with Gasteiger partial charge < -0.3 is 15.2 Å². The van der Waals surface area contributed by atoms with Crippen LogP contribution in [0.3, 0.4) is 0 Å². The lowest BCUT2D eigenvalue weighted by Gasteiger charge is -2.05. The Balaban J connectivity index is 2.04. The molecule has 0 unspecified atom stereocenters. The highest BCUT2D eigenvalue weighted by Crippen LogP contribution is 2.10. The van der Waals surface area contributed by atoms with Gasteiger partial charge in [-0.05, 0) is 18.5 Å². The molecule has 0 saturated carbocycles. The average Bonchev–Trinajstić information content (AvgIpc) is 2.72. The predicted molar refractivity (Wildman–Crippen MR) is 65.4 cm³/mol. The maximum absolute atomic E-state index is 5.78. The number of aryl methyl sites for hydroxylation is 1. The van der Waals surface area contributed by atoms with Crippen LogP contribution >= 0.6 is 11.6 Å². The first-order chi connectivity index (χ1) is 8.67. The van der Waals surface area contributed by atoms with Gasteiger partial charge in [0.15, 0.2) is 5.82 Å². The number of anilines is 2. The Morgan fingerprint density at radius 1 is 1.11 bits per heavy atom. The number of aromatic nitrogens is 5. The highest BCUT2D eigenvalue weighted by atomic mass is 35.5. The number of rotatable bonds is 5. The topological polar surface area (TPSA) is 102 Å². The smallest absolute Gasteiger partial charge is 0.229 e. The summed E-state index contributed by atoms with van der Waals surface area (Å²) in [5, 5.41) is 9.76. The van der Waals surface area contributed by atoms with E-state index in [1.807, 2.05) is 6.92 Å². The van der Waals surface area contributed by atoms with E-state index in [4.69, 9.17) is 16.1 Å². The first-order valence-electron chi connectivity index (χ1n) is 5.36. The van der Waals surface area contributed by atoms with Crippen molar-refractivity contribution in [2.75, 3.05) is 17.2 Å². The van der Waals surface area contributed by atoms with E-state index in [1.165, 1.54) is 0 Å². The molecule has 0 radical (unpaired) electrons. The molecule has 0 bridgehead atoms. The minimum atomic E-state index is 0.118. The standard InChI is InChI=1S/C9H12ClN7O/c1-3-11-8-14-7(10)15-9(16-8)12-4-6-13-5(2)18-17-6/h3-4H2,1-2H3,(H2,11,12,14,15,16). The molecule has 0 atom stereocenters. The van der Waals surface area contributed by atoms with E-state index < -0.39 is 0 Å². The fourth-order valence-electron chi connectivity index (χ4n) is 1.24. The summed E-state index contributed by atoms with van der Waals surface area (Å²) in [5.41, 5.74) is 0. The van der Waals surface area contributed by atoms with Gasteiger partial charge in [-0.3, -0.25) is 0 Å². The van der Waals surface area contributed by atoms with Gasteiger partial charge >= 0.3 is 0 Å². The first kappa shape index (κ1) is 12.5. The van der Waals surface area contributed by atoms with Crippen LogP contribution in [0.1, 0.15) is 18.6 Å². The van der Waals surface area contributed by atoms with E-state index >= 15 is 0 Å². The van der Waals surface area contributed by atoms with Gasteiger partial charge in [0.25, 0.3) is 0 Å². The van der Waals surface area contributed by atoms with Crippen molar-refractivity contribution in [2.24, 2.45) is 0 Å². The van der Waals surface area contributed by atoms with E-state index in [1.54, 1.807) is 6.92 Å². The molecule has 9 heteroatoms. The Labute approximate surface area is 108 Å². The molecule has 0 aromatic carbocycles. The Morgan fingerprint density at radius 3 is 2.44 bits per heavy atom. The third-order valence-corrected chi connectivity index (χ3v) is 2.09. The average molecular weight is 270 g/mol. The number of nitrogens with zero attached hydrogens (tertiary/aromatic N) is 5. The predicted octanol–water partition coefficient (Wildman–Crippen LogP) is 1.26. The van der Waals surface area contributed by atoms with Gasteiger partial charge in [-0.1, -0.05) is 5.16 Å². The quantitative estimate of drug-likeness (QED) is 0.836. The summed E-state index contributed by atoms with van der Waals surface area (Å²) >= 11 is 5.78. The van der Waals surface area contributed by atoms with E-state index in [0.717, 1.165) is 0 Å². The molecule has 8 nitrogen and oxygen atoms in total. The Bertz CT molecular complexity index is 529. The molecule has 2 rings (SSSR count). The first-order valence-corrected chi connectivity index (χ1v) is 5.73. The van der Waals surface area contributed by atoms with Crippen molar-refractivity contribution in [1.29, 1.82) is 0 Å². The van der Waals surface area contributed by atoms with Crippen LogP contribution < -0.4 is 10.6 Å². The Hall–Kier alpha value is -1.96. The van der Waals surface area contributed by atoms with Gasteiger partial charge in [-0.15, -0.1) is 0 Å². The zero-order chi connectivity index (χ0) is 13.0. The zero-order valence-corrected chi connectivity index (χ0v) is 10.7. The van der Waals surface area contributed by atoms with Crippen molar-refractivity contribution in [3.63, 3.8) is 0 Å². The SMILES string of the molecule is CCNc1nc(Cl)nc(NCc2noc(C)n2)n1. The molecule has 0 spiro atoms. The maximum Gasteiger partial charge on any atom is 0.229 e. The van der Waals surface area contributed by atoms with E-state index in [9.17, 15) is 0 Å². The Kier molecular flexibility index (Phi) is 3.88. The lowest BCUT2D eigenvalue weighted by molar-refractivity contribution is 0.388. The maximum atomic E-state index is 5.78. The summed E-state index contributed by atoms with van der Waals surface area (Å²) in [5.74, 6) is 1.81. The van der Waals surface area contributed by atoms with E-state index in [2.05, 4.69) is 35.7 Å². The van der Waals surface area contributed by atoms with Gasteiger partial charge in [0.1, 0.15) is 0 Å². The fourth-order valence-corrected chi connectivity index (χ4v) is 1.40. The van der Waals surface area contributed by atoms with Crippen molar-refractivity contribution >= 4 is 23.5 Å². The normalized spacial score (nSPS) is 10.4. The summed E-state index contributed by atoms with van der Waals surface area (Å²) in [6.07, 6.45) is 0. The summed E-state index contributed by atoms with van der Waals surface area (Å²) in [6.45, 7) is 4.71. The Morgan fingerprint density at radius 2 is 1.83 bits per heavy atom. The van der Waals surface area contributed by atoms with Gasteiger partial charge in [0, 0.05) is 13.5 Å². The van der Waals surface area contributed by atoms with E-state index in [0.29, 0.717) is 36.7 Å². The third-order valence-electron chi connectivity index (χ3n) is 1.92.